The maximum atomic E-state index is 13.7. The van der Waals surface area contributed by atoms with E-state index < -0.39 is 6.04 Å². The molecular formula is C13H9BrCl2FN. The van der Waals surface area contributed by atoms with Crippen LogP contribution in [0.1, 0.15) is 17.2 Å². The highest BCUT2D eigenvalue weighted by atomic mass is 79.9. The molecule has 0 aromatic heterocycles. The summed E-state index contributed by atoms with van der Waals surface area (Å²) in [5, 5.41) is 0.849. The van der Waals surface area contributed by atoms with Gasteiger partial charge in [0.15, 0.2) is 0 Å². The molecule has 0 amide bonds. The van der Waals surface area contributed by atoms with Crippen molar-refractivity contribution in [1.82, 2.24) is 0 Å². The molecule has 5 heteroatoms. The lowest BCUT2D eigenvalue weighted by Gasteiger charge is -2.14. The molecule has 2 aromatic carbocycles. The number of benzene rings is 2. The van der Waals surface area contributed by atoms with Gasteiger partial charge in [0.2, 0.25) is 0 Å². The molecular weight excluding hydrogens is 340 g/mol. The van der Waals surface area contributed by atoms with E-state index in [4.69, 9.17) is 28.9 Å². The molecule has 0 heterocycles. The van der Waals surface area contributed by atoms with Gasteiger partial charge in [0.1, 0.15) is 5.82 Å². The van der Waals surface area contributed by atoms with Crippen LogP contribution in [0.3, 0.4) is 0 Å². The minimum absolute atomic E-state index is 0.350. The maximum Gasteiger partial charge on any atom is 0.128 e. The summed E-state index contributed by atoms with van der Waals surface area (Å²) in [6.45, 7) is 0. The molecule has 18 heavy (non-hydrogen) atoms. The van der Waals surface area contributed by atoms with E-state index in [1.54, 1.807) is 30.3 Å². The molecule has 0 saturated heterocycles. The summed E-state index contributed by atoms with van der Waals surface area (Å²) in [4.78, 5) is 0. The van der Waals surface area contributed by atoms with E-state index in [1.165, 1.54) is 6.07 Å². The van der Waals surface area contributed by atoms with Crippen molar-refractivity contribution in [2.45, 2.75) is 6.04 Å². The van der Waals surface area contributed by atoms with Gasteiger partial charge in [-0.3, -0.25) is 0 Å². The monoisotopic (exact) mass is 347 g/mol. The van der Waals surface area contributed by atoms with Crippen LogP contribution in [0, 0.1) is 5.82 Å². The van der Waals surface area contributed by atoms with Crippen LogP contribution in [-0.4, -0.2) is 0 Å². The Bertz CT molecular complexity index is 589. The lowest BCUT2D eigenvalue weighted by atomic mass is 9.99. The Morgan fingerprint density at radius 2 is 1.78 bits per heavy atom. The SMILES string of the molecule is NC(c1ccc(Cl)c(Cl)c1)c1cc(Br)ccc1F. The lowest BCUT2D eigenvalue weighted by Crippen LogP contribution is -2.13. The first-order valence-corrected chi connectivity index (χ1v) is 6.69. The summed E-state index contributed by atoms with van der Waals surface area (Å²) in [6.07, 6.45) is 0. The van der Waals surface area contributed by atoms with Gasteiger partial charge in [-0.1, -0.05) is 45.2 Å². The average Bonchev–Trinajstić information content (AvgIpc) is 2.35. The standard InChI is InChI=1S/C13H9BrCl2FN/c14-8-2-4-12(17)9(6-8)13(18)7-1-3-10(15)11(16)5-7/h1-6,13H,18H2. The fourth-order valence-electron chi connectivity index (χ4n) is 1.64. The molecule has 1 nitrogen and oxygen atoms in total. The molecule has 1 atom stereocenters. The topological polar surface area (TPSA) is 26.0 Å². The number of hydrogen-bond acceptors (Lipinski definition) is 1. The van der Waals surface area contributed by atoms with Crippen LogP contribution in [-0.2, 0) is 0 Å². The van der Waals surface area contributed by atoms with Crippen molar-refractivity contribution in [2.24, 2.45) is 5.73 Å². The predicted molar refractivity (Wildman–Crippen MR) is 76.6 cm³/mol. The van der Waals surface area contributed by atoms with E-state index >= 15 is 0 Å². The van der Waals surface area contributed by atoms with Crippen molar-refractivity contribution in [3.05, 3.63) is 67.9 Å². The number of rotatable bonds is 2. The Morgan fingerprint density at radius 1 is 1.06 bits per heavy atom. The Balaban J connectivity index is 2.44. The molecule has 0 saturated carbocycles. The molecule has 0 spiro atoms. The second-order valence-corrected chi connectivity index (χ2v) is 5.55. The van der Waals surface area contributed by atoms with E-state index in [-0.39, 0.29) is 5.82 Å². The van der Waals surface area contributed by atoms with E-state index in [0.717, 1.165) is 4.47 Å². The highest BCUT2D eigenvalue weighted by Gasteiger charge is 2.15. The first-order chi connectivity index (χ1) is 8.49. The molecule has 0 aliphatic carbocycles. The highest BCUT2D eigenvalue weighted by molar-refractivity contribution is 9.10. The Hall–Kier alpha value is -0.610. The third kappa shape index (κ3) is 2.86. The number of hydrogen-bond donors (Lipinski definition) is 1. The van der Waals surface area contributed by atoms with Crippen molar-refractivity contribution in [2.75, 3.05) is 0 Å². The Kier molecular flexibility index (Phi) is 4.28. The minimum Gasteiger partial charge on any atom is -0.320 e. The summed E-state index contributed by atoms with van der Waals surface area (Å²) < 4.78 is 14.5. The molecule has 2 N–H and O–H groups in total. The summed E-state index contributed by atoms with van der Waals surface area (Å²) in [5.41, 5.74) is 7.16. The molecule has 94 valence electrons. The molecule has 0 aliphatic rings. The van der Waals surface area contributed by atoms with E-state index in [1.807, 2.05) is 0 Å². The van der Waals surface area contributed by atoms with Gasteiger partial charge in [0.05, 0.1) is 16.1 Å². The van der Waals surface area contributed by atoms with Crippen LogP contribution < -0.4 is 5.73 Å². The van der Waals surface area contributed by atoms with E-state index in [2.05, 4.69) is 15.9 Å². The highest BCUT2D eigenvalue weighted by Crippen LogP contribution is 2.29. The zero-order valence-electron chi connectivity index (χ0n) is 9.13. The molecule has 0 bridgehead atoms. The summed E-state index contributed by atoms with van der Waals surface area (Å²) in [7, 11) is 0. The van der Waals surface area contributed by atoms with Crippen molar-refractivity contribution < 1.29 is 4.39 Å². The quantitative estimate of drug-likeness (QED) is 0.816. The molecule has 2 aromatic rings. The maximum absolute atomic E-state index is 13.7. The summed E-state index contributed by atoms with van der Waals surface area (Å²) in [5.74, 6) is -0.350. The van der Waals surface area contributed by atoms with Crippen molar-refractivity contribution in [3.63, 3.8) is 0 Å². The van der Waals surface area contributed by atoms with Gasteiger partial charge in [0, 0.05) is 10.0 Å². The van der Waals surface area contributed by atoms with Crippen molar-refractivity contribution in [3.8, 4) is 0 Å². The summed E-state index contributed by atoms with van der Waals surface area (Å²) in [6, 6.07) is 9.10. The van der Waals surface area contributed by atoms with Crippen LogP contribution in [0.5, 0.6) is 0 Å². The van der Waals surface area contributed by atoms with Crippen LogP contribution in [0.25, 0.3) is 0 Å². The zero-order chi connectivity index (χ0) is 13.3. The Morgan fingerprint density at radius 3 is 2.44 bits per heavy atom. The van der Waals surface area contributed by atoms with Gasteiger partial charge >= 0.3 is 0 Å². The normalized spacial score (nSPS) is 12.5. The molecule has 2 rings (SSSR count). The van der Waals surface area contributed by atoms with Gasteiger partial charge in [-0.05, 0) is 35.9 Å². The minimum atomic E-state index is -0.586. The third-order valence-electron chi connectivity index (χ3n) is 2.60. The first kappa shape index (κ1) is 13.8. The lowest BCUT2D eigenvalue weighted by molar-refractivity contribution is 0.599. The van der Waals surface area contributed by atoms with Gasteiger partial charge in [-0.25, -0.2) is 4.39 Å². The van der Waals surface area contributed by atoms with Gasteiger partial charge in [-0.2, -0.15) is 0 Å². The van der Waals surface area contributed by atoms with Crippen LogP contribution in [0.2, 0.25) is 10.0 Å². The van der Waals surface area contributed by atoms with Gasteiger partial charge in [0.25, 0.3) is 0 Å². The Labute approximate surface area is 123 Å². The van der Waals surface area contributed by atoms with Crippen molar-refractivity contribution >= 4 is 39.1 Å². The summed E-state index contributed by atoms with van der Waals surface area (Å²) >= 11 is 15.1. The average molecular weight is 349 g/mol. The van der Waals surface area contributed by atoms with E-state index in [0.29, 0.717) is 21.2 Å². The second kappa shape index (κ2) is 5.57. The van der Waals surface area contributed by atoms with Crippen LogP contribution in [0.15, 0.2) is 40.9 Å². The van der Waals surface area contributed by atoms with Gasteiger partial charge < -0.3 is 5.73 Å². The largest absolute Gasteiger partial charge is 0.320 e. The number of halogens is 4. The number of nitrogens with two attached hydrogens (primary N) is 1. The van der Waals surface area contributed by atoms with Gasteiger partial charge in [-0.15, -0.1) is 0 Å². The van der Waals surface area contributed by atoms with Crippen molar-refractivity contribution in [1.29, 1.82) is 0 Å². The first-order valence-electron chi connectivity index (χ1n) is 5.14. The third-order valence-corrected chi connectivity index (χ3v) is 3.83. The van der Waals surface area contributed by atoms with E-state index in [9.17, 15) is 4.39 Å². The molecule has 1 unspecified atom stereocenters. The van der Waals surface area contributed by atoms with Crippen LogP contribution in [0.4, 0.5) is 4.39 Å². The zero-order valence-corrected chi connectivity index (χ0v) is 12.2. The molecule has 0 fully saturated rings. The second-order valence-electron chi connectivity index (χ2n) is 3.82. The fourth-order valence-corrected chi connectivity index (χ4v) is 2.32. The predicted octanol–water partition coefficient (Wildman–Crippen LogP) is 4.94. The van der Waals surface area contributed by atoms with Crippen LogP contribution >= 0.6 is 39.1 Å². The molecule has 0 aliphatic heterocycles. The molecule has 0 radical (unpaired) electrons. The fraction of sp³-hybridized carbons (Fsp3) is 0.0769. The smallest absolute Gasteiger partial charge is 0.128 e.